The lowest BCUT2D eigenvalue weighted by Gasteiger charge is -2.24. The van der Waals surface area contributed by atoms with Gasteiger partial charge in [0.15, 0.2) is 5.82 Å². The Morgan fingerprint density at radius 1 is 1.30 bits per heavy atom. The Balaban J connectivity index is 2.14. The van der Waals surface area contributed by atoms with E-state index < -0.39 is 0 Å². The summed E-state index contributed by atoms with van der Waals surface area (Å²) in [7, 11) is 6.24. The number of hydrogen-bond donors (Lipinski definition) is 1. The molecule has 0 aliphatic carbocycles. The van der Waals surface area contributed by atoms with Crippen LogP contribution in [0.4, 0.5) is 0 Å². The van der Waals surface area contributed by atoms with Crippen molar-refractivity contribution in [1.29, 1.82) is 0 Å². The average Bonchev–Trinajstić information content (AvgIpc) is 2.85. The predicted octanol–water partition coefficient (Wildman–Crippen LogP) is 1.09. The number of nitrogens with one attached hydrogen (secondary N) is 1. The lowest BCUT2D eigenvalue weighted by atomic mass is 10.0. The van der Waals surface area contributed by atoms with Gasteiger partial charge in [0.05, 0.1) is 12.0 Å². The second-order valence-electron chi connectivity index (χ2n) is 5.97. The van der Waals surface area contributed by atoms with Gasteiger partial charge in [-0.1, -0.05) is 12.1 Å². The maximum absolute atomic E-state index is 5.48. The Labute approximate surface area is 121 Å². The molecule has 0 saturated carbocycles. The van der Waals surface area contributed by atoms with E-state index in [-0.39, 0.29) is 12.0 Å². The number of aromatic nitrogens is 2. The van der Waals surface area contributed by atoms with Crippen molar-refractivity contribution in [2.45, 2.75) is 38.3 Å². The van der Waals surface area contributed by atoms with E-state index in [2.05, 4.69) is 53.2 Å². The molecule has 6 heteroatoms. The zero-order chi connectivity index (χ0) is 14.7. The quantitative estimate of drug-likeness (QED) is 0.891. The van der Waals surface area contributed by atoms with Gasteiger partial charge < -0.3 is 14.7 Å². The number of rotatable bonds is 4. The first kappa shape index (κ1) is 15.4. The summed E-state index contributed by atoms with van der Waals surface area (Å²) in [6, 6.07) is 0.537. The van der Waals surface area contributed by atoms with Gasteiger partial charge >= 0.3 is 0 Å². The molecule has 1 aromatic rings. The van der Waals surface area contributed by atoms with Crippen molar-refractivity contribution in [3.8, 4) is 0 Å². The number of nitrogens with zero attached hydrogens (tertiary/aromatic N) is 4. The Bertz CT molecular complexity index is 421. The second kappa shape index (κ2) is 6.65. The van der Waals surface area contributed by atoms with E-state index in [0.717, 1.165) is 31.3 Å². The topological polar surface area (TPSA) is 57.4 Å². The number of hydrogen-bond acceptors (Lipinski definition) is 6. The van der Waals surface area contributed by atoms with Crippen molar-refractivity contribution in [3.63, 3.8) is 0 Å². The summed E-state index contributed by atoms with van der Waals surface area (Å²) < 4.78 is 5.48. The van der Waals surface area contributed by atoms with Gasteiger partial charge in [0.1, 0.15) is 0 Å². The van der Waals surface area contributed by atoms with Gasteiger partial charge in [-0.25, -0.2) is 0 Å². The van der Waals surface area contributed by atoms with E-state index in [1.54, 1.807) is 0 Å². The molecule has 0 bridgehead atoms. The molecular weight excluding hydrogens is 254 g/mol. The normalized spacial score (nSPS) is 25.4. The van der Waals surface area contributed by atoms with Crippen LogP contribution in [0, 0.1) is 0 Å². The van der Waals surface area contributed by atoms with Crippen LogP contribution in [0.3, 0.4) is 0 Å². The molecule has 6 nitrogen and oxygen atoms in total. The summed E-state index contributed by atoms with van der Waals surface area (Å²) in [4.78, 5) is 9.30. The molecule has 20 heavy (non-hydrogen) atoms. The SMILES string of the molecule is CNC(C)C(C)c1nc(C2CN(C)CCCN2C)no1. The molecule has 114 valence electrons. The molecule has 0 spiro atoms. The zero-order valence-electron chi connectivity index (χ0n) is 13.3. The van der Waals surface area contributed by atoms with Gasteiger partial charge in [-0.05, 0) is 47.6 Å². The van der Waals surface area contributed by atoms with Crippen molar-refractivity contribution in [3.05, 3.63) is 11.7 Å². The van der Waals surface area contributed by atoms with Gasteiger partial charge in [0.25, 0.3) is 0 Å². The Kier molecular flexibility index (Phi) is 5.12. The first-order valence-electron chi connectivity index (χ1n) is 7.42. The van der Waals surface area contributed by atoms with Crippen LogP contribution in [-0.2, 0) is 0 Å². The van der Waals surface area contributed by atoms with Gasteiger partial charge in [0.2, 0.25) is 5.89 Å². The minimum absolute atomic E-state index is 0.218. The average molecular weight is 281 g/mol. The van der Waals surface area contributed by atoms with Crippen molar-refractivity contribution in [2.24, 2.45) is 0 Å². The lowest BCUT2D eigenvalue weighted by Crippen LogP contribution is -2.31. The van der Waals surface area contributed by atoms with Crippen LogP contribution in [0.2, 0.25) is 0 Å². The van der Waals surface area contributed by atoms with Gasteiger partial charge in [0, 0.05) is 12.6 Å². The largest absolute Gasteiger partial charge is 0.339 e. The summed E-state index contributed by atoms with van der Waals surface area (Å²) in [5.41, 5.74) is 0. The molecule has 0 amide bonds. The van der Waals surface area contributed by atoms with Crippen molar-refractivity contribution >= 4 is 0 Å². The molecule has 1 aliphatic heterocycles. The fraction of sp³-hybridized carbons (Fsp3) is 0.857. The van der Waals surface area contributed by atoms with Crippen LogP contribution in [0.1, 0.15) is 43.9 Å². The highest BCUT2D eigenvalue weighted by Crippen LogP contribution is 2.23. The molecule has 1 fully saturated rings. The fourth-order valence-electron chi connectivity index (χ4n) is 2.58. The van der Waals surface area contributed by atoms with Crippen LogP contribution in [-0.4, -0.2) is 66.8 Å². The van der Waals surface area contributed by atoms with Crippen LogP contribution in [0.15, 0.2) is 4.52 Å². The first-order chi connectivity index (χ1) is 9.52. The summed E-state index contributed by atoms with van der Waals surface area (Å²) in [5.74, 6) is 1.75. The van der Waals surface area contributed by atoms with Crippen LogP contribution in [0.25, 0.3) is 0 Å². The predicted molar refractivity (Wildman–Crippen MR) is 78.7 cm³/mol. The van der Waals surface area contributed by atoms with Crippen LogP contribution >= 0.6 is 0 Å². The van der Waals surface area contributed by atoms with E-state index in [9.17, 15) is 0 Å². The van der Waals surface area contributed by atoms with Gasteiger partial charge in [-0.3, -0.25) is 4.90 Å². The smallest absolute Gasteiger partial charge is 0.231 e. The maximum atomic E-state index is 5.48. The van der Waals surface area contributed by atoms with E-state index in [4.69, 9.17) is 4.52 Å². The third-order valence-corrected chi connectivity index (χ3v) is 4.42. The number of likely N-dealkylation sites (N-methyl/N-ethyl adjacent to an activating group) is 3. The highest BCUT2D eigenvalue weighted by atomic mass is 16.5. The molecule has 1 N–H and O–H groups in total. The van der Waals surface area contributed by atoms with Gasteiger partial charge in [-0.15, -0.1) is 0 Å². The Hall–Kier alpha value is -0.980. The molecule has 0 aromatic carbocycles. The Morgan fingerprint density at radius 3 is 2.75 bits per heavy atom. The summed E-state index contributed by atoms with van der Waals surface area (Å²) in [6.45, 7) is 7.38. The van der Waals surface area contributed by atoms with Crippen molar-refractivity contribution in [1.82, 2.24) is 25.3 Å². The third-order valence-electron chi connectivity index (χ3n) is 4.42. The molecule has 0 radical (unpaired) electrons. The van der Waals surface area contributed by atoms with Crippen LogP contribution < -0.4 is 5.32 Å². The minimum atomic E-state index is 0.218. The highest BCUT2D eigenvalue weighted by Gasteiger charge is 2.28. The van der Waals surface area contributed by atoms with Crippen LogP contribution in [0.5, 0.6) is 0 Å². The zero-order valence-corrected chi connectivity index (χ0v) is 13.3. The van der Waals surface area contributed by atoms with E-state index in [1.807, 2.05) is 7.05 Å². The molecule has 1 aromatic heterocycles. The highest BCUT2D eigenvalue weighted by molar-refractivity contribution is 5.01. The maximum Gasteiger partial charge on any atom is 0.231 e. The molecular formula is C14H27N5O. The van der Waals surface area contributed by atoms with Crippen molar-refractivity contribution < 1.29 is 4.52 Å². The molecule has 3 atom stereocenters. The minimum Gasteiger partial charge on any atom is -0.339 e. The van der Waals surface area contributed by atoms with Gasteiger partial charge in [-0.2, -0.15) is 4.98 Å². The van der Waals surface area contributed by atoms with E-state index in [0.29, 0.717) is 6.04 Å². The molecule has 2 heterocycles. The second-order valence-corrected chi connectivity index (χ2v) is 5.97. The summed E-state index contributed by atoms with van der Waals surface area (Å²) in [5, 5.41) is 7.45. The fourth-order valence-corrected chi connectivity index (χ4v) is 2.58. The molecule has 3 unspecified atom stereocenters. The molecule has 2 rings (SSSR count). The summed E-state index contributed by atoms with van der Waals surface area (Å²) in [6.07, 6.45) is 1.18. The molecule has 1 aliphatic rings. The van der Waals surface area contributed by atoms with E-state index in [1.165, 1.54) is 6.42 Å². The third kappa shape index (κ3) is 3.37. The monoisotopic (exact) mass is 281 g/mol. The molecule has 1 saturated heterocycles. The first-order valence-corrected chi connectivity index (χ1v) is 7.42. The lowest BCUT2D eigenvalue weighted by molar-refractivity contribution is 0.214. The summed E-state index contributed by atoms with van der Waals surface area (Å²) >= 11 is 0. The standard InChI is InChI=1S/C14H27N5O/c1-10(11(2)15-3)14-16-13(17-20-14)12-9-18(4)7-6-8-19(12)5/h10-12,15H,6-9H2,1-5H3. The van der Waals surface area contributed by atoms with E-state index >= 15 is 0 Å². The van der Waals surface area contributed by atoms with Crippen molar-refractivity contribution in [2.75, 3.05) is 40.8 Å². The Morgan fingerprint density at radius 2 is 2.05 bits per heavy atom.